The van der Waals surface area contributed by atoms with Crippen molar-refractivity contribution in [2.45, 2.75) is 32.5 Å². The average Bonchev–Trinajstić information content (AvgIpc) is 2.99. The van der Waals surface area contributed by atoms with Crippen molar-refractivity contribution in [3.63, 3.8) is 0 Å². The first-order valence-corrected chi connectivity index (χ1v) is 11.2. The van der Waals surface area contributed by atoms with Crippen molar-refractivity contribution in [3.8, 4) is 28.7 Å². The Balaban J connectivity index is 1.40. The van der Waals surface area contributed by atoms with E-state index < -0.39 is 5.79 Å². The third-order valence-electron chi connectivity index (χ3n) is 4.14. The number of ether oxygens (including phenoxy) is 5. The topological polar surface area (TPSA) is 46.2 Å². The van der Waals surface area contributed by atoms with Gasteiger partial charge in [-0.2, -0.15) is 0 Å². The molecule has 0 N–H and O–H groups in total. The molecule has 2 aromatic carbocycles. The Morgan fingerprint density at radius 2 is 1.52 bits per heavy atom. The van der Waals surface area contributed by atoms with E-state index in [0.29, 0.717) is 40.5 Å². The molecule has 5 nitrogen and oxygen atoms in total. The van der Waals surface area contributed by atoms with Crippen molar-refractivity contribution in [1.82, 2.24) is 0 Å². The van der Waals surface area contributed by atoms with Crippen LogP contribution in [-0.4, -0.2) is 25.6 Å². The summed E-state index contributed by atoms with van der Waals surface area (Å²) in [6, 6.07) is 8.80. The summed E-state index contributed by atoms with van der Waals surface area (Å²) in [6.45, 7) is 4.92. The summed E-state index contributed by atoms with van der Waals surface area (Å²) in [5.41, 5.74) is 0. The van der Waals surface area contributed by atoms with Gasteiger partial charge in [0.1, 0.15) is 22.6 Å². The lowest BCUT2D eigenvalue weighted by Gasteiger charge is -2.16. The van der Waals surface area contributed by atoms with E-state index in [4.69, 9.17) is 70.1 Å². The van der Waals surface area contributed by atoms with Gasteiger partial charge in [-0.3, -0.25) is 0 Å². The summed E-state index contributed by atoms with van der Waals surface area (Å²) in [4.78, 5) is 0. The van der Waals surface area contributed by atoms with Gasteiger partial charge in [-0.05, 0) is 31.1 Å². The molecule has 0 spiro atoms. The van der Waals surface area contributed by atoms with Crippen LogP contribution >= 0.6 is 46.4 Å². The molecule has 0 aromatic heterocycles. The maximum absolute atomic E-state index is 6.26. The van der Waals surface area contributed by atoms with Gasteiger partial charge in [0.25, 0.3) is 0 Å². The molecular formula is C22H22Cl4O5. The molecule has 0 aliphatic carbocycles. The van der Waals surface area contributed by atoms with Crippen LogP contribution in [0.4, 0.5) is 0 Å². The Morgan fingerprint density at radius 1 is 0.871 bits per heavy atom. The zero-order valence-electron chi connectivity index (χ0n) is 17.1. The molecule has 0 amide bonds. The maximum atomic E-state index is 6.26. The first kappa shape index (κ1) is 24.0. The molecule has 0 saturated carbocycles. The molecular weight excluding hydrogens is 486 g/mol. The van der Waals surface area contributed by atoms with Crippen molar-refractivity contribution >= 4 is 46.4 Å². The quantitative estimate of drug-likeness (QED) is 0.313. The third-order valence-corrected chi connectivity index (χ3v) is 5.01. The van der Waals surface area contributed by atoms with Crippen LogP contribution < -0.4 is 23.7 Å². The lowest BCUT2D eigenvalue weighted by Crippen LogP contribution is -2.29. The second kappa shape index (κ2) is 10.8. The number of halogens is 4. The van der Waals surface area contributed by atoms with Crippen LogP contribution in [0.1, 0.15) is 26.7 Å². The molecule has 168 valence electrons. The monoisotopic (exact) mass is 506 g/mol. The standard InChI is InChI=1S/C22H22Cl4O5/c1-22(2)30-18-6-5-14(13-19(18)31-22)27-8-3-4-9-29-21-16(23)11-15(12-17(21)24)28-10-7-20(25)26/h5-7,11-13H,3-4,8-10H2,1-2H3. The minimum absolute atomic E-state index is 0.128. The van der Waals surface area contributed by atoms with Crippen molar-refractivity contribution in [1.29, 1.82) is 0 Å². The second-order valence-corrected chi connectivity index (χ2v) is 8.96. The van der Waals surface area contributed by atoms with Crippen LogP contribution in [-0.2, 0) is 0 Å². The smallest absolute Gasteiger partial charge is 0.246 e. The fourth-order valence-electron chi connectivity index (χ4n) is 2.82. The minimum atomic E-state index is -0.653. The summed E-state index contributed by atoms with van der Waals surface area (Å²) in [7, 11) is 0. The molecule has 1 aliphatic rings. The van der Waals surface area contributed by atoms with Crippen LogP contribution in [0.25, 0.3) is 0 Å². The maximum Gasteiger partial charge on any atom is 0.246 e. The first-order valence-electron chi connectivity index (χ1n) is 9.64. The highest BCUT2D eigenvalue weighted by molar-refractivity contribution is 6.55. The first-order chi connectivity index (χ1) is 14.7. The highest BCUT2D eigenvalue weighted by atomic mass is 35.5. The van der Waals surface area contributed by atoms with Crippen LogP contribution in [0.5, 0.6) is 28.7 Å². The number of rotatable bonds is 10. The van der Waals surface area contributed by atoms with Crippen molar-refractivity contribution in [2.75, 3.05) is 19.8 Å². The normalized spacial score (nSPS) is 13.6. The number of unbranched alkanes of at least 4 members (excludes halogenated alkanes) is 1. The predicted molar refractivity (Wildman–Crippen MR) is 124 cm³/mol. The molecule has 9 heteroatoms. The largest absolute Gasteiger partial charge is 0.493 e. The van der Waals surface area contributed by atoms with E-state index >= 15 is 0 Å². The zero-order valence-corrected chi connectivity index (χ0v) is 20.1. The third kappa shape index (κ3) is 7.18. The van der Waals surface area contributed by atoms with E-state index in [-0.39, 0.29) is 11.1 Å². The summed E-state index contributed by atoms with van der Waals surface area (Å²) < 4.78 is 28.5. The highest BCUT2D eigenvalue weighted by Gasteiger charge is 2.31. The number of hydrogen-bond donors (Lipinski definition) is 0. The second-order valence-electron chi connectivity index (χ2n) is 7.14. The van der Waals surface area contributed by atoms with Crippen molar-refractivity contribution in [3.05, 3.63) is 50.9 Å². The summed E-state index contributed by atoms with van der Waals surface area (Å²) in [6.07, 6.45) is 3.07. The number of fused-ring (bicyclic) bond motifs is 1. The van der Waals surface area contributed by atoms with Gasteiger partial charge in [-0.1, -0.05) is 46.4 Å². The minimum Gasteiger partial charge on any atom is -0.493 e. The van der Waals surface area contributed by atoms with Gasteiger partial charge in [0, 0.05) is 32.0 Å². The van der Waals surface area contributed by atoms with E-state index in [2.05, 4.69) is 0 Å². The van der Waals surface area contributed by atoms with E-state index in [1.807, 2.05) is 32.0 Å². The van der Waals surface area contributed by atoms with Gasteiger partial charge >= 0.3 is 0 Å². The van der Waals surface area contributed by atoms with Crippen molar-refractivity contribution in [2.24, 2.45) is 0 Å². The Morgan fingerprint density at radius 3 is 2.19 bits per heavy atom. The highest BCUT2D eigenvalue weighted by Crippen LogP contribution is 2.41. The lowest BCUT2D eigenvalue weighted by molar-refractivity contribution is -0.0431. The zero-order chi connectivity index (χ0) is 22.4. The Kier molecular flexibility index (Phi) is 8.34. The number of hydrogen-bond acceptors (Lipinski definition) is 5. The van der Waals surface area contributed by atoms with Gasteiger partial charge in [0.2, 0.25) is 5.79 Å². The lowest BCUT2D eigenvalue weighted by atomic mass is 10.3. The molecule has 31 heavy (non-hydrogen) atoms. The van der Waals surface area contributed by atoms with Crippen LogP contribution in [0.15, 0.2) is 40.9 Å². The Hall–Kier alpha value is -1.66. The van der Waals surface area contributed by atoms with Gasteiger partial charge in [-0.15, -0.1) is 0 Å². The molecule has 1 heterocycles. The van der Waals surface area contributed by atoms with E-state index in [9.17, 15) is 0 Å². The van der Waals surface area contributed by atoms with Crippen LogP contribution in [0.3, 0.4) is 0 Å². The van der Waals surface area contributed by atoms with Gasteiger partial charge < -0.3 is 23.7 Å². The molecule has 0 saturated heterocycles. The molecule has 0 bridgehead atoms. The molecule has 0 fully saturated rings. The number of benzene rings is 2. The predicted octanol–water partition coefficient (Wildman–Crippen LogP) is 7.44. The summed E-state index contributed by atoms with van der Waals surface area (Å²) in [5.74, 6) is 2.39. The van der Waals surface area contributed by atoms with E-state index in [1.54, 1.807) is 12.1 Å². The van der Waals surface area contributed by atoms with Crippen LogP contribution in [0, 0.1) is 0 Å². The molecule has 3 rings (SSSR count). The van der Waals surface area contributed by atoms with Crippen LogP contribution in [0.2, 0.25) is 10.0 Å². The van der Waals surface area contributed by atoms with Crippen molar-refractivity contribution < 1.29 is 23.7 Å². The fraction of sp³-hybridized carbons (Fsp3) is 0.364. The molecule has 1 aliphatic heterocycles. The molecule has 0 atom stereocenters. The fourth-order valence-corrected chi connectivity index (χ4v) is 3.52. The molecule has 0 radical (unpaired) electrons. The molecule has 2 aromatic rings. The summed E-state index contributed by atoms with van der Waals surface area (Å²) in [5, 5.41) is 0.728. The summed E-state index contributed by atoms with van der Waals surface area (Å²) >= 11 is 23.6. The average molecular weight is 508 g/mol. The van der Waals surface area contributed by atoms with E-state index in [1.165, 1.54) is 6.08 Å². The Labute approximate surface area is 201 Å². The Bertz CT molecular complexity index is 918. The van der Waals surface area contributed by atoms with E-state index in [0.717, 1.165) is 24.3 Å². The SMILES string of the molecule is CC1(C)Oc2ccc(OCCCCOc3c(Cl)cc(OCC=C(Cl)Cl)cc3Cl)cc2O1. The van der Waals surface area contributed by atoms with Gasteiger partial charge in [0.05, 0.1) is 23.3 Å². The van der Waals surface area contributed by atoms with Gasteiger partial charge in [-0.25, -0.2) is 0 Å². The molecule has 0 unspecified atom stereocenters. The van der Waals surface area contributed by atoms with Gasteiger partial charge in [0.15, 0.2) is 17.2 Å².